The number of aromatic nitrogens is 3. The van der Waals surface area contributed by atoms with Gasteiger partial charge in [0.25, 0.3) is 5.22 Å². The zero-order valence-corrected chi connectivity index (χ0v) is 10.9. The first kappa shape index (κ1) is 12.1. The predicted octanol–water partition coefficient (Wildman–Crippen LogP) is 1.87. The van der Waals surface area contributed by atoms with Crippen molar-refractivity contribution in [3.63, 3.8) is 0 Å². The highest BCUT2D eigenvalue weighted by molar-refractivity contribution is 7.99. The van der Waals surface area contributed by atoms with Crippen LogP contribution in [0.5, 0.6) is 0 Å². The fraction of sp³-hybridized carbons (Fsp3) is 0.333. The van der Waals surface area contributed by atoms with Crippen molar-refractivity contribution >= 4 is 34.1 Å². The molecule has 0 saturated heterocycles. The van der Waals surface area contributed by atoms with Crippen LogP contribution >= 0.6 is 23.1 Å². The summed E-state index contributed by atoms with van der Waals surface area (Å²) in [6.45, 7) is 3.71. The number of amides is 1. The number of nitrogens with zero attached hydrogens (tertiary/aromatic N) is 3. The molecular weight excluding hydrogens is 260 g/mol. The quantitative estimate of drug-likeness (QED) is 0.854. The third-order valence-corrected chi connectivity index (χ3v) is 3.38. The molecule has 90 valence electrons. The largest absolute Gasteiger partial charge is 0.437 e. The molecule has 2 rings (SSSR count). The fourth-order valence-corrected chi connectivity index (χ4v) is 2.19. The number of nitrogens with one attached hydrogen (secondary N) is 1. The average Bonchev–Trinajstić information content (AvgIpc) is 2.87. The molecule has 1 amide bonds. The Balaban J connectivity index is 1.84. The van der Waals surface area contributed by atoms with E-state index in [4.69, 9.17) is 4.42 Å². The van der Waals surface area contributed by atoms with Gasteiger partial charge in [0, 0.05) is 0 Å². The molecule has 0 unspecified atom stereocenters. The highest BCUT2D eigenvalue weighted by Gasteiger charge is 2.10. The van der Waals surface area contributed by atoms with Crippen molar-refractivity contribution in [2.24, 2.45) is 0 Å². The lowest BCUT2D eigenvalue weighted by Crippen LogP contribution is -2.13. The summed E-state index contributed by atoms with van der Waals surface area (Å²) >= 11 is 2.53. The molecule has 2 heterocycles. The average molecular weight is 270 g/mol. The zero-order chi connectivity index (χ0) is 12.3. The van der Waals surface area contributed by atoms with E-state index in [-0.39, 0.29) is 11.7 Å². The van der Waals surface area contributed by atoms with Crippen LogP contribution in [-0.2, 0) is 4.79 Å². The van der Waals surface area contributed by atoms with Crippen LogP contribution in [0, 0.1) is 13.8 Å². The van der Waals surface area contributed by atoms with Gasteiger partial charge in [0.15, 0.2) is 0 Å². The maximum absolute atomic E-state index is 11.5. The fourth-order valence-electron chi connectivity index (χ4n) is 1.02. The second-order valence-electron chi connectivity index (χ2n) is 3.20. The van der Waals surface area contributed by atoms with Gasteiger partial charge in [-0.1, -0.05) is 23.1 Å². The third-order valence-electron chi connectivity index (χ3n) is 1.94. The minimum atomic E-state index is -0.153. The van der Waals surface area contributed by atoms with Gasteiger partial charge in [-0.25, -0.2) is 4.98 Å². The molecule has 0 aliphatic heterocycles. The summed E-state index contributed by atoms with van der Waals surface area (Å²) in [5.41, 5.74) is 2.40. The molecule has 0 spiro atoms. The van der Waals surface area contributed by atoms with E-state index in [2.05, 4.69) is 20.5 Å². The van der Waals surface area contributed by atoms with E-state index < -0.39 is 0 Å². The Morgan fingerprint density at radius 1 is 1.59 bits per heavy atom. The van der Waals surface area contributed by atoms with Crippen molar-refractivity contribution in [2.75, 3.05) is 11.1 Å². The second kappa shape index (κ2) is 5.28. The number of hydrogen-bond donors (Lipinski definition) is 1. The Kier molecular flexibility index (Phi) is 3.75. The molecule has 0 aromatic carbocycles. The maximum Gasteiger partial charge on any atom is 0.256 e. The lowest BCUT2D eigenvalue weighted by atomic mass is 10.4. The Morgan fingerprint density at radius 2 is 2.41 bits per heavy atom. The first-order valence-electron chi connectivity index (χ1n) is 4.78. The normalized spacial score (nSPS) is 10.5. The van der Waals surface area contributed by atoms with Gasteiger partial charge >= 0.3 is 0 Å². The van der Waals surface area contributed by atoms with Gasteiger partial charge in [-0.05, 0) is 13.8 Å². The smallest absolute Gasteiger partial charge is 0.256 e. The molecule has 0 aliphatic rings. The van der Waals surface area contributed by atoms with Crippen molar-refractivity contribution < 1.29 is 9.21 Å². The van der Waals surface area contributed by atoms with Gasteiger partial charge in [0.1, 0.15) is 11.3 Å². The standard InChI is InChI=1S/C9H10N4O2S2/c1-5-6(2)15-9(11-5)16-3-7(14)12-8-13-10-4-17-8/h4H,3H2,1-2H3,(H,12,13,14). The van der Waals surface area contributed by atoms with Gasteiger partial charge in [-0.2, -0.15) is 0 Å². The van der Waals surface area contributed by atoms with Crippen LogP contribution in [0.2, 0.25) is 0 Å². The van der Waals surface area contributed by atoms with E-state index >= 15 is 0 Å². The lowest BCUT2D eigenvalue weighted by Gasteiger charge is -1.97. The number of hydrogen-bond acceptors (Lipinski definition) is 7. The van der Waals surface area contributed by atoms with Crippen LogP contribution in [0.4, 0.5) is 5.13 Å². The molecule has 6 nitrogen and oxygen atoms in total. The number of anilines is 1. The number of rotatable bonds is 4. The Labute approximate surface area is 106 Å². The van der Waals surface area contributed by atoms with Crippen LogP contribution in [0.25, 0.3) is 0 Å². The molecule has 2 aromatic heterocycles. The summed E-state index contributed by atoms with van der Waals surface area (Å²) in [7, 11) is 0. The Morgan fingerprint density at radius 3 is 3.00 bits per heavy atom. The highest BCUT2D eigenvalue weighted by Crippen LogP contribution is 2.20. The molecule has 0 bridgehead atoms. The van der Waals surface area contributed by atoms with Gasteiger partial charge in [0.2, 0.25) is 11.0 Å². The monoisotopic (exact) mass is 270 g/mol. The molecule has 8 heteroatoms. The number of thioether (sulfide) groups is 1. The molecule has 17 heavy (non-hydrogen) atoms. The minimum Gasteiger partial charge on any atom is -0.437 e. The number of carbonyl (C=O) groups excluding carboxylic acids is 1. The van der Waals surface area contributed by atoms with Crippen LogP contribution in [0.3, 0.4) is 0 Å². The van der Waals surface area contributed by atoms with Crippen LogP contribution in [0.1, 0.15) is 11.5 Å². The molecule has 0 fully saturated rings. The first-order valence-corrected chi connectivity index (χ1v) is 6.64. The summed E-state index contributed by atoms with van der Waals surface area (Å²) in [6, 6.07) is 0. The third kappa shape index (κ3) is 3.27. The predicted molar refractivity (Wildman–Crippen MR) is 65.2 cm³/mol. The lowest BCUT2D eigenvalue weighted by molar-refractivity contribution is -0.113. The van der Waals surface area contributed by atoms with E-state index in [1.165, 1.54) is 23.1 Å². The molecule has 0 atom stereocenters. The van der Waals surface area contributed by atoms with Crippen LogP contribution < -0.4 is 5.32 Å². The SMILES string of the molecule is Cc1nc(SCC(=O)Nc2nncs2)oc1C. The zero-order valence-electron chi connectivity index (χ0n) is 9.26. The molecule has 2 aromatic rings. The first-order chi connectivity index (χ1) is 8.15. The summed E-state index contributed by atoms with van der Waals surface area (Å²) in [4.78, 5) is 15.7. The summed E-state index contributed by atoms with van der Waals surface area (Å²) in [5.74, 6) is 0.858. The molecule has 1 N–H and O–H groups in total. The van der Waals surface area contributed by atoms with Gasteiger partial charge in [-0.15, -0.1) is 10.2 Å². The maximum atomic E-state index is 11.5. The number of aryl methyl sites for hydroxylation is 2. The van der Waals surface area contributed by atoms with Crippen molar-refractivity contribution in [1.82, 2.24) is 15.2 Å². The molecule has 0 saturated carbocycles. The summed E-state index contributed by atoms with van der Waals surface area (Å²) < 4.78 is 5.35. The van der Waals surface area contributed by atoms with Gasteiger partial charge in [-0.3, -0.25) is 10.1 Å². The molecular formula is C9H10N4O2S2. The van der Waals surface area contributed by atoms with E-state index in [0.717, 1.165) is 11.5 Å². The summed E-state index contributed by atoms with van der Waals surface area (Å²) in [6.07, 6.45) is 0. The Bertz CT molecular complexity index is 490. The van der Waals surface area contributed by atoms with Crippen molar-refractivity contribution in [3.05, 3.63) is 17.0 Å². The van der Waals surface area contributed by atoms with Gasteiger partial charge in [0.05, 0.1) is 11.4 Å². The highest BCUT2D eigenvalue weighted by atomic mass is 32.2. The minimum absolute atomic E-state index is 0.153. The Hall–Kier alpha value is -1.41. The van der Waals surface area contributed by atoms with E-state index in [0.29, 0.717) is 10.4 Å². The van der Waals surface area contributed by atoms with E-state index in [1.807, 2.05) is 13.8 Å². The number of carbonyl (C=O) groups is 1. The molecule has 0 aliphatic carbocycles. The van der Waals surface area contributed by atoms with Crippen molar-refractivity contribution in [2.45, 2.75) is 19.1 Å². The van der Waals surface area contributed by atoms with Crippen molar-refractivity contribution in [1.29, 1.82) is 0 Å². The number of oxazole rings is 1. The second-order valence-corrected chi connectivity index (χ2v) is 4.96. The van der Waals surface area contributed by atoms with Crippen LogP contribution in [-0.4, -0.2) is 26.8 Å². The van der Waals surface area contributed by atoms with Gasteiger partial charge < -0.3 is 4.42 Å². The summed E-state index contributed by atoms with van der Waals surface area (Å²) in [5, 5.41) is 11.0. The topological polar surface area (TPSA) is 80.9 Å². The molecule has 0 radical (unpaired) electrons. The van der Waals surface area contributed by atoms with Crippen molar-refractivity contribution in [3.8, 4) is 0 Å². The van der Waals surface area contributed by atoms with E-state index in [1.54, 1.807) is 5.51 Å². The van der Waals surface area contributed by atoms with Crippen LogP contribution in [0.15, 0.2) is 15.2 Å². The van der Waals surface area contributed by atoms with E-state index in [9.17, 15) is 4.79 Å².